The Hall–Kier alpha value is -1.70. The van der Waals surface area contributed by atoms with Crippen molar-refractivity contribution >= 4 is 58.5 Å². The fourth-order valence-corrected chi connectivity index (χ4v) is 4.07. The lowest BCUT2D eigenvalue weighted by Crippen LogP contribution is -2.23. The van der Waals surface area contributed by atoms with Gasteiger partial charge >= 0.3 is 0 Å². The zero-order chi connectivity index (χ0) is 18.8. The van der Waals surface area contributed by atoms with Crippen LogP contribution < -0.4 is 10.6 Å². The summed E-state index contributed by atoms with van der Waals surface area (Å²) in [6.07, 6.45) is 1.51. The van der Waals surface area contributed by atoms with Crippen LogP contribution in [-0.2, 0) is 19.4 Å². The Morgan fingerprint density at radius 2 is 1.96 bits per heavy atom. The van der Waals surface area contributed by atoms with Crippen LogP contribution in [0.2, 0.25) is 10.0 Å². The van der Waals surface area contributed by atoms with Gasteiger partial charge in [0, 0.05) is 18.7 Å². The molecule has 4 rings (SSSR count). The summed E-state index contributed by atoms with van der Waals surface area (Å²) >= 11 is 13.3. The number of amides is 1. The maximum absolute atomic E-state index is 12.5. The molecule has 9 heteroatoms. The number of fused-ring (bicyclic) bond motifs is 1. The number of nitrogens with zero attached hydrogens (tertiary/aromatic N) is 2. The van der Waals surface area contributed by atoms with Crippen LogP contribution >= 0.6 is 46.9 Å². The standard InChI is InChI=1S/C19H16Cl2N4OS.ClH/c20-15-4-1-11(7-16(15)21)8-17-24-25-19(27-17)18(26)23-14-3-2-13-10-22-6-5-12(13)9-14;/h1-4,7,9,22H,5-6,8,10H2,(H,23,26);1H. The number of aromatic nitrogens is 2. The molecule has 0 aliphatic carbocycles. The van der Waals surface area contributed by atoms with Crippen LogP contribution in [0.15, 0.2) is 36.4 Å². The van der Waals surface area contributed by atoms with Gasteiger partial charge in [-0.25, -0.2) is 0 Å². The average molecular weight is 456 g/mol. The van der Waals surface area contributed by atoms with E-state index in [1.165, 1.54) is 22.5 Å². The fraction of sp³-hybridized carbons (Fsp3) is 0.211. The molecule has 2 N–H and O–H groups in total. The van der Waals surface area contributed by atoms with E-state index in [0.717, 1.165) is 35.8 Å². The van der Waals surface area contributed by atoms with E-state index in [9.17, 15) is 4.79 Å². The molecule has 0 saturated carbocycles. The van der Waals surface area contributed by atoms with Gasteiger partial charge in [0.15, 0.2) is 0 Å². The number of carbonyl (C=O) groups excluding carboxylic acids is 1. The van der Waals surface area contributed by atoms with Gasteiger partial charge < -0.3 is 10.6 Å². The maximum atomic E-state index is 12.5. The molecule has 1 aliphatic heterocycles. The summed E-state index contributed by atoms with van der Waals surface area (Å²) in [4.78, 5) is 12.5. The molecule has 2 aromatic carbocycles. The second-order valence-corrected chi connectivity index (χ2v) is 8.17. The van der Waals surface area contributed by atoms with E-state index in [1.807, 2.05) is 24.3 Å². The molecule has 28 heavy (non-hydrogen) atoms. The molecule has 0 spiro atoms. The fourth-order valence-electron chi connectivity index (χ4n) is 2.98. The minimum Gasteiger partial charge on any atom is -0.320 e. The second-order valence-electron chi connectivity index (χ2n) is 6.29. The molecule has 1 aromatic heterocycles. The molecule has 0 fully saturated rings. The zero-order valence-electron chi connectivity index (χ0n) is 14.7. The van der Waals surface area contributed by atoms with Gasteiger partial charge in [0.05, 0.1) is 10.0 Å². The second kappa shape index (κ2) is 9.20. The van der Waals surface area contributed by atoms with Gasteiger partial charge in [0.25, 0.3) is 5.91 Å². The largest absolute Gasteiger partial charge is 0.320 e. The van der Waals surface area contributed by atoms with Crippen molar-refractivity contribution in [2.24, 2.45) is 0 Å². The van der Waals surface area contributed by atoms with E-state index in [-0.39, 0.29) is 18.3 Å². The number of carbonyl (C=O) groups is 1. The minimum absolute atomic E-state index is 0. The summed E-state index contributed by atoms with van der Waals surface area (Å²) < 4.78 is 0. The first kappa shape index (κ1) is 21.0. The predicted molar refractivity (Wildman–Crippen MR) is 116 cm³/mol. The number of hydrogen-bond acceptors (Lipinski definition) is 5. The average Bonchev–Trinajstić information content (AvgIpc) is 3.13. The first-order valence-corrected chi connectivity index (χ1v) is 10.1. The Balaban J connectivity index is 0.00000225. The van der Waals surface area contributed by atoms with E-state index in [1.54, 1.807) is 12.1 Å². The van der Waals surface area contributed by atoms with Crippen LogP contribution in [0.3, 0.4) is 0 Å². The summed E-state index contributed by atoms with van der Waals surface area (Å²) in [5.41, 5.74) is 4.29. The third kappa shape index (κ3) is 4.82. The van der Waals surface area contributed by atoms with Crippen molar-refractivity contribution in [3.05, 3.63) is 73.1 Å². The van der Waals surface area contributed by atoms with Crippen molar-refractivity contribution in [1.29, 1.82) is 0 Å². The molecule has 0 atom stereocenters. The number of hydrogen-bond donors (Lipinski definition) is 2. The highest BCUT2D eigenvalue weighted by molar-refractivity contribution is 7.13. The quantitative estimate of drug-likeness (QED) is 0.595. The lowest BCUT2D eigenvalue weighted by molar-refractivity contribution is 0.102. The minimum atomic E-state index is -0.248. The highest BCUT2D eigenvalue weighted by Gasteiger charge is 2.15. The van der Waals surface area contributed by atoms with Gasteiger partial charge in [-0.2, -0.15) is 0 Å². The topological polar surface area (TPSA) is 66.9 Å². The normalized spacial score (nSPS) is 12.8. The lowest BCUT2D eigenvalue weighted by Gasteiger charge is -2.17. The van der Waals surface area contributed by atoms with Crippen LogP contribution in [-0.4, -0.2) is 22.6 Å². The molecule has 5 nitrogen and oxygen atoms in total. The smallest absolute Gasteiger partial charge is 0.286 e. The monoisotopic (exact) mass is 454 g/mol. The van der Waals surface area contributed by atoms with Crippen molar-refractivity contribution < 1.29 is 4.79 Å². The van der Waals surface area contributed by atoms with Crippen molar-refractivity contribution in [1.82, 2.24) is 15.5 Å². The SMILES string of the molecule is Cl.O=C(Nc1ccc2c(c1)CCNC2)c1nnc(Cc2ccc(Cl)c(Cl)c2)s1. The van der Waals surface area contributed by atoms with E-state index < -0.39 is 0 Å². The maximum Gasteiger partial charge on any atom is 0.286 e. The van der Waals surface area contributed by atoms with Crippen LogP contribution in [0.1, 0.15) is 31.5 Å². The number of halogens is 3. The Morgan fingerprint density at radius 3 is 2.79 bits per heavy atom. The van der Waals surface area contributed by atoms with Crippen molar-refractivity contribution in [2.45, 2.75) is 19.4 Å². The molecule has 0 bridgehead atoms. The molecule has 3 aromatic rings. The van der Waals surface area contributed by atoms with Crippen molar-refractivity contribution in [2.75, 3.05) is 11.9 Å². The van der Waals surface area contributed by atoms with E-state index in [0.29, 0.717) is 21.5 Å². The summed E-state index contributed by atoms with van der Waals surface area (Å²) in [5.74, 6) is -0.248. The molecule has 2 heterocycles. The Bertz CT molecular complexity index is 1010. The number of rotatable bonds is 4. The number of nitrogens with one attached hydrogen (secondary N) is 2. The van der Waals surface area contributed by atoms with Crippen molar-refractivity contribution in [3.8, 4) is 0 Å². The van der Waals surface area contributed by atoms with Crippen LogP contribution in [0.4, 0.5) is 5.69 Å². The highest BCUT2D eigenvalue weighted by atomic mass is 35.5. The Kier molecular flexibility index (Phi) is 6.91. The van der Waals surface area contributed by atoms with Gasteiger partial charge in [-0.3, -0.25) is 4.79 Å². The third-order valence-corrected chi connectivity index (χ3v) is 6.01. The van der Waals surface area contributed by atoms with Gasteiger partial charge in [0.2, 0.25) is 5.01 Å². The molecular weight excluding hydrogens is 439 g/mol. The summed E-state index contributed by atoms with van der Waals surface area (Å²) in [5, 5.41) is 16.5. The van der Waals surface area contributed by atoms with Gasteiger partial charge in [-0.15, -0.1) is 22.6 Å². The molecule has 0 saturated heterocycles. The number of benzene rings is 2. The van der Waals surface area contributed by atoms with Gasteiger partial charge in [-0.1, -0.05) is 46.7 Å². The highest BCUT2D eigenvalue weighted by Crippen LogP contribution is 2.25. The van der Waals surface area contributed by atoms with E-state index >= 15 is 0 Å². The third-order valence-electron chi connectivity index (χ3n) is 4.35. The van der Waals surface area contributed by atoms with Crippen molar-refractivity contribution in [3.63, 3.8) is 0 Å². The van der Waals surface area contributed by atoms with Crippen LogP contribution in [0.25, 0.3) is 0 Å². The molecule has 1 amide bonds. The summed E-state index contributed by atoms with van der Waals surface area (Å²) in [7, 11) is 0. The number of anilines is 1. The molecule has 0 radical (unpaired) electrons. The van der Waals surface area contributed by atoms with Crippen LogP contribution in [0, 0.1) is 0 Å². The predicted octanol–water partition coefficient (Wildman–Crippen LogP) is 4.76. The summed E-state index contributed by atoms with van der Waals surface area (Å²) in [6, 6.07) is 11.4. The van der Waals surface area contributed by atoms with E-state index in [4.69, 9.17) is 23.2 Å². The molecule has 0 unspecified atom stereocenters. The van der Waals surface area contributed by atoms with E-state index in [2.05, 4.69) is 20.8 Å². The first-order chi connectivity index (χ1) is 13.1. The van der Waals surface area contributed by atoms with Gasteiger partial charge in [0.1, 0.15) is 5.01 Å². The Morgan fingerprint density at radius 1 is 1.11 bits per heavy atom. The molecule has 1 aliphatic rings. The van der Waals surface area contributed by atoms with Crippen LogP contribution in [0.5, 0.6) is 0 Å². The Labute approximate surface area is 182 Å². The zero-order valence-corrected chi connectivity index (χ0v) is 17.8. The molecular formula is C19H17Cl3N4OS. The first-order valence-electron chi connectivity index (χ1n) is 8.48. The summed E-state index contributed by atoms with van der Waals surface area (Å²) in [6.45, 7) is 1.83. The lowest BCUT2D eigenvalue weighted by atomic mass is 10.0. The molecule has 146 valence electrons. The van der Waals surface area contributed by atoms with Gasteiger partial charge in [-0.05, 0) is 53.9 Å².